The van der Waals surface area contributed by atoms with Gasteiger partial charge < -0.3 is 14.8 Å². The summed E-state index contributed by atoms with van der Waals surface area (Å²) in [5.74, 6) is -4.71. The Morgan fingerprint density at radius 3 is 2.47 bits per heavy atom. The zero-order chi connectivity index (χ0) is 26.8. The molecular weight excluding hydrogens is 515 g/mol. The van der Waals surface area contributed by atoms with E-state index in [4.69, 9.17) is 16.3 Å². The number of hydrogen-bond acceptors (Lipinski definition) is 6. The highest BCUT2D eigenvalue weighted by atomic mass is 35.5. The first kappa shape index (κ1) is 27.5. The predicted molar refractivity (Wildman–Crippen MR) is 122 cm³/mol. The Morgan fingerprint density at radius 1 is 1.33 bits per heavy atom. The van der Waals surface area contributed by atoms with Crippen LogP contribution < -0.4 is 15.0 Å². The van der Waals surface area contributed by atoms with Crippen LogP contribution in [0.4, 0.5) is 27.6 Å². The summed E-state index contributed by atoms with van der Waals surface area (Å²) in [7, 11) is 1.34. The van der Waals surface area contributed by atoms with Crippen LogP contribution in [0.15, 0.2) is 40.0 Å². The second kappa shape index (κ2) is 10.5. The molecule has 0 aromatic heterocycles. The van der Waals surface area contributed by atoms with E-state index in [9.17, 15) is 27.2 Å². The van der Waals surface area contributed by atoms with Gasteiger partial charge >= 0.3 is 6.36 Å². The molecule has 0 bridgehead atoms. The highest BCUT2D eigenvalue weighted by Gasteiger charge is 2.57. The van der Waals surface area contributed by atoms with E-state index in [2.05, 4.69) is 26.8 Å². The Kier molecular flexibility index (Phi) is 8.04. The van der Waals surface area contributed by atoms with Crippen molar-refractivity contribution in [2.24, 2.45) is 21.8 Å². The highest BCUT2D eigenvalue weighted by molar-refractivity contribution is 6.32. The number of benzene rings is 1. The van der Waals surface area contributed by atoms with Crippen molar-refractivity contribution in [2.45, 2.75) is 30.5 Å². The molecule has 2 aliphatic rings. The average Bonchev–Trinajstić information content (AvgIpc) is 3.19. The van der Waals surface area contributed by atoms with Gasteiger partial charge in [0.2, 0.25) is 0 Å². The van der Waals surface area contributed by atoms with Gasteiger partial charge in [0.05, 0.1) is 18.9 Å². The van der Waals surface area contributed by atoms with Gasteiger partial charge in [-0.3, -0.25) is 24.5 Å². The second-order valence-corrected chi connectivity index (χ2v) is 8.61. The van der Waals surface area contributed by atoms with Crippen molar-refractivity contribution in [1.29, 1.82) is 0 Å². The summed E-state index contributed by atoms with van der Waals surface area (Å²) < 4.78 is 76.1. The Labute approximate surface area is 207 Å². The van der Waals surface area contributed by atoms with Crippen LogP contribution in [0, 0.1) is 17.7 Å². The number of fused-ring (bicyclic) bond motifs is 1. The van der Waals surface area contributed by atoms with Crippen molar-refractivity contribution in [3.8, 4) is 5.75 Å². The van der Waals surface area contributed by atoms with Gasteiger partial charge in [0.1, 0.15) is 5.75 Å². The summed E-state index contributed by atoms with van der Waals surface area (Å²) in [5.41, 5.74) is -5.82. The molecule has 1 aromatic rings. The molecule has 36 heavy (non-hydrogen) atoms. The number of carbonyl (C=O) groups excluding carboxylic acids is 2. The number of halogens is 6. The number of ether oxygens (including phenoxy) is 2. The zero-order valence-corrected chi connectivity index (χ0v) is 19.8. The number of amides is 2. The van der Waals surface area contributed by atoms with Crippen LogP contribution in [-0.2, 0) is 14.3 Å². The van der Waals surface area contributed by atoms with Gasteiger partial charge in [0.25, 0.3) is 17.4 Å². The summed E-state index contributed by atoms with van der Waals surface area (Å²) in [5, 5.41) is 2.76. The number of nitrogens with one attached hydrogen (secondary N) is 1. The van der Waals surface area contributed by atoms with Gasteiger partial charge in [0, 0.05) is 49.0 Å². The van der Waals surface area contributed by atoms with Crippen LogP contribution in [0.2, 0.25) is 0 Å². The van der Waals surface area contributed by atoms with Crippen molar-refractivity contribution in [2.75, 3.05) is 25.2 Å². The molecule has 1 aliphatic carbocycles. The van der Waals surface area contributed by atoms with Crippen molar-refractivity contribution < 1.29 is 41.0 Å². The number of rotatable bonds is 9. The van der Waals surface area contributed by atoms with Gasteiger partial charge in [-0.2, -0.15) is 0 Å². The Balaban J connectivity index is 2.14. The van der Waals surface area contributed by atoms with Crippen molar-refractivity contribution in [3.05, 3.63) is 35.8 Å². The molecule has 1 saturated carbocycles. The molecule has 1 heterocycles. The van der Waals surface area contributed by atoms with Gasteiger partial charge in [-0.15, -0.1) is 13.2 Å². The summed E-state index contributed by atoms with van der Waals surface area (Å²) in [4.78, 5) is 34.5. The fourth-order valence-corrected chi connectivity index (χ4v) is 4.27. The highest BCUT2D eigenvalue weighted by Crippen LogP contribution is 2.45. The van der Waals surface area contributed by atoms with Crippen LogP contribution >= 0.6 is 11.6 Å². The third-order valence-corrected chi connectivity index (χ3v) is 6.19. The number of aliphatic imine (C=N–C) groups is 2. The van der Waals surface area contributed by atoms with Gasteiger partial charge in [-0.1, -0.05) is 11.6 Å². The van der Waals surface area contributed by atoms with Crippen molar-refractivity contribution >= 4 is 42.0 Å². The molecule has 1 aromatic carbocycles. The predicted octanol–water partition coefficient (Wildman–Crippen LogP) is 3.40. The fourth-order valence-electron chi connectivity index (χ4n) is 4.17. The lowest BCUT2D eigenvalue weighted by Gasteiger charge is -2.41. The van der Waals surface area contributed by atoms with E-state index < -0.39 is 46.6 Å². The molecule has 2 unspecified atom stereocenters. The first-order valence-electron chi connectivity index (χ1n) is 10.5. The Hall–Kier alpha value is -3.06. The summed E-state index contributed by atoms with van der Waals surface area (Å²) in [6.45, 7) is 5.30. The van der Waals surface area contributed by atoms with E-state index in [-0.39, 0.29) is 23.5 Å². The molecule has 0 radical (unpaired) electrons. The van der Waals surface area contributed by atoms with E-state index in [0.717, 1.165) is 18.5 Å². The second-order valence-electron chi connectivity index (χ2n) is 8.23. The quantitative estimate of drug-likeness (QED) is 0.297. The van der Waals surface area contributed by atoms with E-state index in [1.54, 1.807) is 0 Å². The lowest BCUT2D eigenvalue weighted by Crippen LogP contribution is -2.62. The number of alkyl halides is 5. The summed E-state index contributed by atoms with van der Waals surface area (Å²) >= 11 is 5.42. The van der Waals surface area contributed by atoms with Gasteiger partial charge in [0.15, 0.2) is 11.4 Å². The maximum Gasteiger partial charge on any atom is 0.573 e. The molecule has 1 aliphatic heterocycles. The van der Waals surface area contributed by atoms with Crippen molar-refractivity contribution in [1.82, 2.24) is 5.32 Å². The van der Waals surface area contributed by atoms with Crippen LogP contribution in [-0.4, -0.2) is 68.6 Å². The molecule has 1 saturated heterocycles. The third kappa shape index (κ3) is 5.51. The number of hydrogen-bond donors (Lipinski definition) is 1. The monoisotopic (exact) mass is 536 g/mol. The van der Waals surface area contributed by atoms with Crippen LogP contribution in [0.3, 0.4) is 0 Å². The number of carbonyl (C=O) groups is 2. The SMILES string of the molecule is C=N/C=C(\C=N/C)[C@@](C)(C(=O)NC1C2COCC21)N(C(=O)[C@H](F)Cl)c1ccc(OC(F)(F)F)cc1F. The molecule has 2 amide bonds. The molecule has 8 nitrogen and oxygen atoms in total. The maximum absolute atomic E-state index is 15.1. The fraction of sp³-hybridized carbons (Fsp3) is 0.455. The summed E-state index contributed by atoms with van der Waals surface area (Å²) in [6.07, 6.45) is -2.93. The van der Waals surface area contributed by atoms with E-state index >= 15 is 4.39 Å². The first-order chi connectivity index (χ1) is 16.8. The smallest absolute Gasteiger partial charge is 0.406 e. The molecule has 2 fully saturated rings. The van der Waals surface area contributed by atoms with E-state index in [1.807, 2.05) is 0 Å². The van der Waals surface area contributed by atoms with Crippen LogP contribution in [0.5, 0.6) is 5.75 Å². The first-order valence-corrected chi connectivity index (χ1v) is 10.9. The standard InChI is InChI=1S/C22H22ClF5N4O4/c1-21(11(7-29-2)8-30-3,20(34)31-17-13-9-35-10-14(13)17)32(19(33)18(23)25)16-5-4-12(6-15(16)24)36-22(26,27)28/h4-8,13-14,17-18H,2,9-10H2,1,3H3,(H,31,34)/b11-7+,30-8-/t13?,14?,17?,18-,21-/m0/s1. The minimum atomic E-state index is -5.12. The van der Waals surface area contributed by atoms with Crippen molar-refractivity contribution in [3.63, 3.8) is 0 Å². The van der Waals surface area contributed by atoms with Crippen LogP contribution in [0.1, 0.15) is 6.92 Å². The summed E-state index contributed by atoms with van der Waals surface area (Å²) in [6, 6.07) is 1.47. The topological polar surface area (TPSA) is 92.6 Å². The number of nitrogens with zero attached hydrogens (tertiary/aromatic N) is 3. The molecule has 14 heteroatoms. The molecule has 4 atom stereocenters. The zero-order valence-electron chi connectivity index (χ0n) is 19.1. The van der Waals surface area contributed by atoms with Gasteiger partial charge in [-0.05, 0) is 25.8 Å². The Morgan fingerprint density at radius 2 is 1.97 bits per heavy atom. The molecule has 0 spiro atoms. The lowest BCUT2D eigenvalue weighted by molar-refractivity contribution is -0.274. The Bertz CT molecular complexity index is 1090. The molecular formula is C22H22ClF5N4O4. The molecule has 196 valence electrons. The average molecular weight is 537 g/mol. The normalized spacial score (nSPS) is 24.0. The molecule has 1 N–H and O–H groups in total. The maximum atomic E-state index is 15.1. The minimum Gasteiger partial charge on any atom is -0.406 e. The number of anilines is 1. The van der Waals surface area contributed by atoms with Crippen LogP contribution in [0.25, 0.3) is 0 Å². The van der Waals surface area contributed by atoms with E-state index in [1.165, 1.54) is 14.0 Å². The largest absolute Gasteiger partial charge is 0.573 e. The minimum absolute atomic E-state index is 0.0321. The van der Waals surface area contributed by atoms with E-state index in [0.29, 0.717) is 30.2 Å². The van der Waals surface area contributed by atoms with Gasteiger partial charge in [-0.25, -0.2) is 8.78 Å². The molecule has 3 rings (SSSR count). The third-order valence-electron chi connectivity index (χ3n) is 6.00. The lowest BCUT2D eigenvalue weighted by atomic mass is 9.88.